The van der Waals surface area contributed by atoms with Crippen LogP contribution in [0.1, 0.15) is 20.3 Å². The number of hydrogen-bond donors (Lipinski definition) is 0. The Kier molecular flexibility index (Phi) is 10.2. The summed E-state index contributed by atoms with van der Waals surface area (Å²) >= 11 is 0. The van der Waals surface area contributed by atoms with Gasteiger partial charge in [0, 0.05) is 32.3 Å². The highest BCUT2D eigenvalue weighted by molar-refractivity contribution is 5.82. The molecule has 5 nitrogen and oxygen atoms in total. The fourth-order valence-corrected chi connectivity index (χ4v) is 1.27. The highest BCUT2D eigenvalue weighted by Crippen LogP contribution is 2.08. The Bertz CT molecular complexity index is 262. The molecule has 0 spiro atoms. The SMILES string of the molecule is CCOC(=O)/C=C\[C@H](C)[C@H](C=O)OCCCOC. The fraction of sp³-hybridized carbons (Fsp3) is 0.692. The zero-order chi connectivity index (χ0) is 13.8. The Balaban J connectivity index is 4.05. The third-order valence-electron chi connectivity index (χ3n) is 2.28. The van der Waals surface area contributed by atoms with E-state index in [4.69, 9.17) is 14.2 Å². The first-order valence-electron chi connectivity index (χ1n) is 6.06. The molecule has 0 aromatic carbocycles. The lowest BCUT2D eigenvalue weighted by Crippen LogP contribution is -2.23. The minimum absolute atomic E-state index is 0.172. The fourth-order valence-electron chi connectivity index (χ4n) is 1.27. The molecule has 0 unspecified atom stereocenters. The highest BCUT2D eigenvalue weighted by atomic mass is 16.5. The molecular formula is C13H22O5. The lowest BCUT2D eigenvalue weighted by Gasteiger charge is -2.16. The molecule has 104 valence electrons. The maximum absolute atomic E-state index is 11.1. The predicted molar refractivity (Wildman–Crippen MR) is 67.2 cm³/mol. The molecule has 0 saturated carbocycles. The third-order valence-corrected chi connectivity index (χ3v) is 2.28. The van der Waals surface area contributed by atoms with Gasteiger partial charge < -0.3 is 19.0 Å². The number of ether oxygens (including phenoxy) is 3. The number of carbonyl (C=O) groups excluding carboxylic acids is 2. The van der Waals surface area contributed by atoms with E-state index in [0.29, 0.717) is 19.8 Å². The largest absolute Gasteiger partial charge is 0.463 e. The van der Waals surface area contributed by atoms with Gasteiger partial charge in [-0.2, -0.15) is 0 Å². The maximum atomic E-state index is 11.1. The molecule has 0 aliphatic carbocycles. The molecule has 0 bridgehead atoms. The average Bonchev–Trinajstić information content (AvgIpc) is 2.36. The normalized spacial score (nSPS) is 14.4. The summed E-state index contributed by atoms with van der Waals surface area (Å²) in [5.74, 6) is -0.581. The van der Waals surface area contributed by atoms with E-state index in [0.717, 1.165) is 12.7 Å². The lowest BCUT2D eigenvalue weighted by atomic mass is 10.1. The smallest absolute Gasteiger partial charge is 0.330 e. The van der Waals surface area contributed by atoms with E-state index in [9.17, 15) is 9.59 Å². The highest BCUT2D eigenvalue weighted by Gasteiger charge is 2.14. The van der Waals surface area contributed by atoms with Gasteiger partial charge in [-0.15, -0.1) is 0 Å². The summed E-state index contributed by atoms with van der Waals surface area (Å²) in [5.41, 5.74) is 0. The Labute approximate surface area is 108 Å². The molecule has 2 atom stereocenters. The van der Waals surface area contributed by atoms with Gasteiger partial charge in [0.25, 0.3) is 0 Å². The second-order valence-electron chi connectivity index (χ2n) is 3.79. The van der Waals surface area contributed by atoms with Gasteiger partial charge in [-0.3, -0.25) is 0 Å². The van der Waals surface area contributed by atoms with Crippen LogP contribution in [0.2, 0.25) is 0 Å². The molecule has 18 heavy (non-hydrogen) atoms. The average molecular weight is 258 g/mol. The quantitative estimate of drug-likeness (QED) is 0.256. The molecule has 0 amide bonds. The van der Waals surface area contributed by atoms with E-state index in [1.165, 1.54) is 6.08 Å². The molecule has 0 aromatic heterocycles. The van der Waals surface area contributed by atoms with Crippen LogP contribution in [0.3, 0.4) is 0 Å². The van der Waals surface area contributed by atoms with E-state index >= 15 is 0 Å². The Morgan fingerprint density at radius 2 is 2.06 bits per heavy atom. The van der Waals surface area contributed by atoms with Gasteiger partial charge in [-0.05, 0) is 13.3 Å². The molecule has 0 fully saturated rings. The van der Waals surface area contributed by atoms with Gasteiger partial charge in [0.2, 0.25) is 0 Å². The van der Waals surface area contributed by atoms with Crippen LogP contribution in [0, 0.1) is 5.92 Å². The van der Waals surface area contributed by atoms with Crippen molar-refractivity contribution in [3.63, 3.8) is 0 Å². The van der Waals surface area contributed by atoms with E-state index in [2.05, 4.69) is 0 Å². The van der Waals surface area contributed by atoms with Crippen LogP contribution in [-0.4, -0.2) is 45.3 Å². The third kappa shape index (κ3) is 7.97. The van der Waals surface area contributed by atoms with Gasteiger partial charge in [0.1, 0.15) is 12.4 Å². The number of rotatable bonds is 10. The molecule has 0 aliphatic rings. The Morgan fingerprint density at radius 3 is 2.61 bits per heavy atom. The first-order valence-corrected chi connectivity index (χ1v) is 6.06. The summed E-state index contributed by atoms with van der Waals surface area (Å²) in [4.78, 5) is 22.0. The standard InChI is InChI=1S/C13H22O5/c1-4-17-13(15)7-6-11(2)12(10-14)18-9-5-8-16-3/h6-7,10-12H,4-5,8-9H2,1-3H3/b7-6-/t11-,12-/m0/s1. The van der Waals surface area contributed by atoms with Gasteiger partial charge in [-0.1, -0.05) is 13.0 Å². The summed E-state index contributed by atoms with van der Waals surface area (Å²) in [6, 6.07) is 0. The summed E-state index contributed by atoms with van der Waals surface area (Å²) < 4.78 is 15.0. The molecule has 0 aliphatic heterocycles. The topological polar surface area (TPSA) is 61.8 Å². The first kappa shape index (κ1) is 16.8. The minimum atomic E-state index is -0.549. The lowest BCUT2D eigenvalue weighted by molar-refractivity contribution is -0.137. The van der Waals surface area contributed by atoms with Crippen LogP contribution < -0.4 is 0 Å². The summed E-state index contributed by atoms with van der Waals surface area (Å²) in [7, 11) is 1.61. The molecular weight excluding hydrogens is 236 g/mol. The Hall–Kier alpha value is -1.20. The van der Waals surface area contributed by atoms with Crippen molar-refractivity contribution in [1.29, 1.82) is 0 Å². The van der Waals surface area contributed by atoms with Gasteiger partial charge >= 0.3 is 5.97 Å². The van der Waals surface area contributed by atoms with Crippen molar-refractivity contribution in [2.45, 2.75) is 26.4 Å². The number of aldehydes is 1. The van der Waals surface area contributed by atoms with Crippen molar-refractivity contribution in [3.8, 4) is 0 Å². The molecule has 0 N–H and O–H groups in total. The summed E-state index contributed by atoms with van der Waals surface area (Å²) in [5, 5.41) is 0. The predicted octanol–water partition coefficient (Wildman–Crippen LogP) is 1.36. The second-order valence-corrected chi connectivity index (χ2v) is 3.79. The number of hydrogen-bond acceptors (Lipinski definition) is 5. The van der Waals surface area contributed by atoms with Crippen molar-refractivity contribution in [2.24, 2.45) is 5.92 Å². The molecule has 0 saturated heterocycles. The van der Waals surface area contributed by atoms with E-state index < -0.39 is 12.1 Å². The summed E-state index contributed by atoms with van der Waals surface area (Å²) in [6.45, 7) is 4.93. The molecule has 0 rings (SSSR count). The monoisotopic (exact) mass is 258 g/mol. The van der Waals surface area contributed by atoms with Crippen LogP contribution in [0.5, 0.6) is 0 Å². The molecule has 0 aromatic rings. The summed E-state index contributed by atoms with van der Waals surface area (Å²) in [6.07, 6.45) is 3.87. The van der Waals surface area contributed by atoms with E-state index in [1.54, 1.807) is 20.1 Å². The molecule has 0 heterocycles. The number of methoxy groups -OCH3 is 1. The van der Waals surface area contributed by atoms with Crippen LogP contribution in [0.4, 0.5) is 0 Å². The van der Waals surface area contributed by atoms with Crippen molar-refractivity contribution in [2.75, 3.05) is 26.9 Å². The zero-order valence-corrected chi connectivity index (χ0v) is 11.3. The van der Waals surface area contributed by atoms with Crippen LogP contribution in [-0.2, 0) is 23.8 Å². The van der Waals surface area contributed by atoms with Crippen molar-refractivity contribution >= 4 is 12.3 Å². The van der Waals surface area contributed by atoms with Crippen molar-refractivity contribution in [3.05, 3.63) is 12.2 Å². The van der Waals surface area contributed by atoms with Crippen LogP contribution >= 0.6 is 0 Å². The Morgan fingerprint density at radius 1 is 1.33 bits per heavy atom. The van der Waals surface area contributed by atoms with Crippen LogP contribution in [0.15, 0.2) is 12.2 Å². The van der Waals surface area contributed by atoms with Crippen molar-refractivity contribution in [1.82, 2.24) is 0 Å². The number of esters is 1. The van der Waals surface area contributed by atoms with Gasteiger partial charge in [0.15, 0.2) is 0 Å². The maximum Gasteiger partial charge on any atom is 0.330 e. The minimum Gasteiger partial charge on any atom is -0.463 e. The van der Waals surface area contributed by atoms with Gasteiger partial charge in [0.05, 0.1) is 6.61 Å². The van der Waals surface area contributed by atoms with E-state index in [1.807, 2.05) is 6.92 Å². The van der Waals surface area contributed by atoms with E-state index in [-0.39, 0.29) is 5.92 Å². The second kappa shape index (κ2) is 10.9. The number of carbonyl (C=O) groups is 2. The molecule has 5 heteroatoms. The zero-order valence-electron chi connectivity index (χ0n) is 11.3. The molecule has 0 radical (unpaired) electrons. The van der Waals surface area contributed by atoms with Crippen molar-refractivity contribution < 1.29 is 23.8 Å². The van der Waals surface area contributed by atoms with Crippen LogP contribution in [0.25, 0.3) is 0 Å². The van der Waals surface area contributed by atoms with Gasteiger partial charge in [-0.25, -0.2) is 4.79 Å². The first-order chi connectivity index (χ1) is 8.65.